The predicted octanol–water partition coefficient (Wildman–Crippen LogP) is 13.8. The molecule has 0 aliphatic carbocycles. The van der Waals surface area contributed by atoms with Crippen molar-refractivity contribution in [2.45, 2.75) is 49.4 Å². The van der Waals surface area contributed by atoms with E-state index in [0.29, 0.717) is 0 Å². The molecular formula is C40H22BBrF24OS. The molecule has 0 fully saturated rings. The molecule has 0 aliphatic rings. The molecule has 5 rings (SSSR count). The van der Waals surface area contributed by atoms with Crippen molar-refractivity contribution in [2.75, 3.05) is 12.5 Å². The number of hydrogen-bond acceptors (Lipinski definition) is 1. The number of halogens is 25. The molecule has 5 aromatic carbocycles. The largest absolute Gasteiger partial charge is 0.416 e. The fraction of sp³-hybridized carbons (Fsp3) is 0.250. The van der Waals surface area contributed by atoms with Crippen LogP contribution in [0.3, 0.4) is 0 Å². The average Bonchev–Trinajstić information content (AvgIpc) is 3.16. The van der Waals surface area contributed by atoms with Gasteiger partial charge >= 0.3 is 49.4 Å². The SMILES string of the molecule is C[S+](C)Oc1ccc(Br)cc1.FC(F)(F)c1cc([B-](c2cc(C(F)(F)F)cc(C(F)(F)F)c2)(c2cc(C(F)(F)F)cc(C(F)(F)F)c2)c2cc(C(F)(F)F)cc(C(F)(F)F)c2)cc(C(F)(F)F)c1. The molecule has 0 bridgehead atoms. The van der Waals surface area contributed by atoms with Crippen LogP contribution in [0.5, 0.6) is 5.75 Å². The average molecular weight is 1100 g/mol. The number of benzene rings is 5. The maximum atomic E-state index is 14.2. The standard InChI is InChI=1S/C32H12BF24.C8H10BrOS/c34-25(35,36)13-1-14(26(37,38)39)6-21(5-13)33(22-7-15(27(40,41)42)2-16(8-22)28(43,44)45,23-9-17(29(46,47)48)3-18(10-23)30(49,50)51)24-11-19(31(52,53)54)4-20(12-24)32(55,56)57;1-11(2)10-8-5-3-7(9)4-6-8/h1-12H;3-6H,1-2H3/q-1;+1. The first-order valence-corrected chi connectivity index (χ1v) is 20.6. The predicted molar refractivity (Wildman–Crippen MR) is 204 cm³/mol. The topological polar surface area (TPSA) is 9.23 Å². The zero-order chi connectivity index (χ0) is 52.2. The molecule has 0 saturated heterocycles. The van der Waals surface area contributed by atoms with E-state index in [4.69, 9.17) is 4.18 Å². The molecule has 0 unspecified atom stereocenters. The smallest absolute Gasteiger partial charge is 0.287 e. The summed E-state index contributed by atoms with van der Waals surface area (Å²) in [7, 11) is 0. The van der Waals surface area contributed by atoms with Gasteiger partial charge in [0.1, 0.15) is 18.7 Å². The van der Waals surface area contributed by atoms with Crippen molar-refractivity contribution >= 4 is 55.1 Å². The lowest BCUT2D eigenvalue weighted by atomic mass is 9.12. The zero-order valence-electron chi connectivity index (χ0n) is 33.1. The maximum absolute atomic E-state index is 14.2. The Hall–Kier alpha value is -4.89. The van der Waals surface area contributed by atoms with Gasteiger partial charge in [0.05, 0.1) is 44.5 Å². The lowest BCUT2D eigenvalue weighted by molar-refractivity contribution is -0.144. The van der Waals surface area contributed by atoms with Gasteiger partial charge in [0.25, 0.3) is 0 Å². The van der Waals surface area contributed by atoms with E-state index in [1.54, 1.807) is 0 Å². The Bertz CT molecular complexity index is 2140. The molecule has 0 aliphatic heterocycles. The van der Waals surface area contributed by atoms with Crippen molar-refractivity contribution in [3.63, 3.8) is 0 Å². The molecule has 28 heteroatoms. The first-order chi connectivity index (χ1) is 30.4. The number of alkyl halides is 24. The Morgan fingerprint density at radius 3 is 0.647 bits per heavy atom. The molecule has 0 radical (unpaired) electrons. The molecule has 0 aromatic heterocycles. The van der Waals surface area contributed by atoms with Gasteiger partial charge in [-0.25, -0.2) is 0 Å². The Kier molecular flexibility index (Phi) is 15.4. The van der Waals surface area contributed by atoms with Crippen LogP contribution in [-0.4, -0.2) is 18.7 Å². The third kappa shape index (κ3) is 13.2. The minimum absolute atomic E-state index is 0.0115. The molecule has 1 nitrogen and oxygen atoms in total. The van der Waals surface area contributed by atoms with Crippen LogP contribution in [0.15, 0.2) is 102 Å². The summed E-state index contributed by atoms with van der Waals surface area (Å²) in [6.07, 6.45) is -50.7. The van der Waals surface area contributed by atoms with E-state index in [1.807, 2.05) is 36.8 Å². The van der Waals surface area contributed by atoms with Crippen molar-refractivity contribution < 1.29 is 110 Å². The molecule has 5 aromatic rings. The third-order valence-electron chi connectivity index (χ3n) is 9.52. The summed E-state index contributed by atoms with van der Waals surface area (Å²) < 4.78 is 347. The van der Waals surface area contributed by atoms with Crippen molar-refractivity contribution in [2.24, 2.45) is 0 Å². The van der Waals surface area contributed by atoms with E-state index in [-0.39, 0.29) is 11.2 Å². The van der Waals surface area contributed by atoms with Crippen molar-refractivity contribution in [3.8, 4) is 5.75 Å². The number of hydrogen-bond donors (Lipinski definition) is 0. The summed E-state index contributed by atoms with van der Waals surface area (Å²) in [4.78, 5) is 0. The van der Waals surface area contributed by atoms with E-state index in [0.717, 1.165) is 10.2 Å². The van der Waals surface area contributed by atoms with Crippen molar-refractivity contribution in [1.82, 2.24) is 0 Å². The Morgan fingerprint density at radius 2 is 0.500 bits per heavy atom. The van der Waals surface area contributed by atoms with Gasteiger partial charge in [-0.2, -0.15) is 127 Å². The minimum Gasteiger partial charge on any atom is -0.287 e. The summed E-state index contributed by atoms with van der Waals surface area (Å²) in [5, 5.41) is 0. The van der Waals surface area contributed by atoms with Crippen LogP contribution in [0, 0.1) is 0 Å². The van der Waals surface area contributed by atoms with Gasteiger partial charge in [0.2, 0.25) is 0 Å². The summed E-state index contributed by atoms with van der Waals surface area (Å²) in [6, 6.07) is -0.951. The van der Waals surface area contributed by atoms with Crippen molar-refractivity contribution in [1.29, 1.82) is 0 Å². The molecule has 0 N–H and O–H groups in total. The highest BCUT2D eigenvalue weighted by Gasteiger charge is 2.47. The zero-order valence-corrected chi connectivity index (χ0v) is 35.5. The lowest BCUT2D eigenvalue weighted by Crippen LogP contribution is -2.75. The van der Waals surface area contributed by atoms with E-state index in [2.05, 4.69) is 15.9 Å². The molecule has 0 spiro atoms. The monoisotopic (exact) mass is 1100 g/mol. The molecule has 68 heavy (non-hydrogen) atoms. The van der Waals surface area contributed by atoms with Crippen LogP contribution in [0.2, 0.25) is 0 Å². The first-order valence-electron chi connectivity index (χ1n) is 17.8. The fourth-order valence-electron chi connectivity index (χ4n) is 6.75. The highest BCUT2D eigenvalue weighted by Crippen LogP contribution is 2.41. The summed E-state index contributed by atoms with van der Waals surface area (Å²) in [6.45, 7) is 0. The molecule has 372 valence electrons. The van der Waals surface area contributed by atoms with E-state index < -0.39 is 195 Å². The van der Waals surface area contributed by atoms with Crippen molar-refractivity contribution in [3.05, 3.63) is 146 Å². The highest BCUT2D eigenvalue weighted by atomic mass is 79.9. The van der Waals surface area contributed by atoms with Gasteiger partial charge in [0, 0.05) is 4.47 Å². The van der Waals surface area contributed by atoms with Crippen LogP contribution in [0.4, 0.5) is 105 Å². The fourth-order valence-corrected chi connectivity index (χ4v) is 7.51. The van der Waals surface area contributed by atoms with Gasteiger partial charge in [-0.1, -0.05) is 64.5 Å². The maximum Gasteiger partial charge on any atom is 0.416 e. The Balaban J connectivity index is 0.000000802. The minimum atomic E-state index is -6.13. The van der Waals surface area contributed by atoms with E-state index in [1.165, 1.54) is 0 Å². The quantitative estimate of drug-likeness (QED) is 0.0935. The van der Waals surface area contributed by atoms with Gasteiger partial charge in [-0.05, 0) is 48.5 Å². The number of rotatable bonds is 6. The second-order valence-electron chi connectivity index (χ2n) is 14.5. The normalized spacial score (nSPS) is 13.6. The second-order valence-corrected chi connectivity index (χ2v) is 17.1. The van der Waals surface area contributed by atoms with Crippen LogP contribution in [0.1, 0.15) is 44.5 Å². The first kappa shape index (κ1) is 55.7. The second kappa shape index (κ2) is 18.8. The Labute approximate surface area is 377 Å². The van der Waals surface area contributed by atoms with Crippen LogP contribution in [0.25, 0.3) is 0 Å². The van der Waals surface area contributed by atoms with E-state index >= 15 is 0 Å². The highest BCUT2D eigenvalue weighted by molar-refractivity contribution is 9.10. The summed E-state index contributed by atoms with van der Waals surface area (Å²) >= 11 is 3.37. The molecular weight excluding hydrogens is 1080 g/mol. The summed E-state index contributed by atoms with van der Waals surface area (Å²) in [5.74, 6) is 0.932. The van der Waals surface area contributed by atoms with E-state index in [9.17, 15) is 105 Å². The molecule has 0 atom stereocenters. The molecule has 0 heterocycles. The van der Waals surface area contributed by atoms with Crippen LogP contribution in [-0.2, 0) is 60.6 Å². The van der Waals surface area contributed by atoms with Gasteiger partial charge in [-0.15, -0.1) is 0 Å². The third-order valence-corrected chi connectivity index (χ3v) is 10.6. The van der Waals surface area contributed by atoms with Gasteiger partial charge < -0.3 is 0 Å². The molecule has 0 saturated carbocycles. The Morgan fingerprint density at radius 1 is 0.324 bits per heavy atom. The lowest BCUT2D eigenvalue weighted by Gasteiger charge is -2.46. The molecule has 0 amide bonds. The summed E-state index contributed by atoms with van der Waals surface area (Å²) in [5.41, 5.74) is -30.2. The van der Waals surface area contributed by atoms with Gasteiger partial charge in [0.15, 0.2) is 16.9 Å². The van der Waals surface area contributed by atoms with Crippen LogP contribution >= 0.6 is 15.9 Å². The van der Waals surface area contributed by atoms with Gasteiger partial charge in [-0.3, -0.25) is 4.18 Å². The van der Waals surface area contributed by atoms with Crippen LogP contribution < -0.4 is 26.0 Å².